The summed E-state index contributed by atoms with van der Waals surface area (Å²) in [4.78, 5) is 44.5. The van der Waals surface area contributed by atoms with Crippen LogP contribution in [0.2, 0.25) is 5.02 Å². The average molecular weight is 519 g/mol. The highest BCUT2D eigenvalue weighted by atomic mass is 35.5. The summed E-state index contributed by atoms with van der Waals surface area (Å²) >= 11 is 6.12. The molecule has 0 fully saturated rings. The van der Waals surface area contributed by atoms with E-state index in [0.29, 0.717) is 16.3 Å². The molecular formula is C24H19ClN8O4. The quantitative estimate of drug-likeness (QED) is 0.281. The first-order valence-corrected chi connectivity index (χ1v) is 11.2. The van der Waals surface area contributed by atoms with Gasteiger partial charge in [0.05, 0.1) is 11.3 Å². The minimum Gasteiger partial charge on any atom is -0.478 e. The van der Waals surface area contributed by atoms with Crippen molar-refractivity contribution in [1.29, 1.82) is 0 Å². The lowest BCUT2D eigenvalue weighted by Gasteiger charge is -2.17. The van der Waals surface area contributed by atoms with E-state index in [1.807, 2.05) is 30.3 Å². The van der Waals surface area contributed by atoms with Crippen molar-refractivity contribution >= 4 is 41.4 Å². The highest BCUT2D eigenvalue weighted by Crippen LogP contribution is 2.20. The zero-order valence-corrected chi connectivity index (χ0v) is 19.8. The summed E-state index contributed by atoms with van der Waals surface area (Å²) in [7, 11) is 0. The maximum atomic E-state index is 13.0. The van der Waals surface area contributed by atoms with E-state index in [9.17, 15) is 14.4 Å². The number of carbonyl (C=O) groups excluding carboxylic acids is 2. The van der Waals surface area contributed by atoms with Gasteiger partial charge in [-0.3, -0.25) is 14.9 Å². The van der Waals surface area contributed by atoms with Gasteiger partial charge in [-0.2, -0.15) is 4.68 Å². The molecule has 2 aromatic heterocycles. The molecule has 0 saturated heterocycles. The predicted molar refractivity (Wildman–Crippen MR) is 133 cm³/mol. The van der Waals surface area contributed by atoms with Gasteiger partial charge in [-0.05, 0) is 40.3 Å². The number of benzene rings is 2. The Hall–Kier alpha value is -4.97. The molecule has 37 heavy (non-hydrogen) atoms. The predicted octanol–water partition coefficient (Wildman–Crippen LogP) is 2.18. The highest BCUT2D eigenvalue weighted by molar-refractivity contribution is 6.30. The van der Waals surface area contributed by atoms with Gasteiger partial charge in [0.2, 0.25) is 17.8 Å². The van der Waals surface area contributed by atoms with Crippen LogP contribution < -0.4 is 10.6 Å². The Morgan fingerprint density at radius 2 is 1.84 bits per heavy atom. The lowest BCUT2D eigenvalue weighted by atomic mass is 10.1. The fourth-order valence-electron chi connectivity index (χ4n) is 3.28. The van der Waals surface area contributed by atoms with E-state index in [-0.39, 0.29) is 17.9 Å². The van der Waals surface area contributed by atoms with Crippen LogP contribution in [0.5, 0.6) is 0 Å². The number of carboxylic acids is 1. The van der Waals surface area contributed by atoms with Gasteiger partial charge in [0.25, 0.3) is 0 Å². The van der Waals surface area contributed by atoms with Crippen molar-refractivity contribution in [3.05, 3.63) is 95.0 Å². The molecule has 3 N–H and O–H groups in total. The third-order valence-electron chi connectivity index (χ3n) is 5.05. The number of carboxylic acid groups (broad SMARTS) is 1. The number of amides is 2. The van der Waals surface area contributed by atoms with Crippen LogP contribution in [0.15, 0.2) is 73.3 Å². The molecule has 2 amide bonds. The van der Waals surface area contributed by atoms with Gasteiger partial charge in [-0.15, -0.1) is 5.10 Å². The number of aromatic nitrogens is 6. The van der Waals surface area contributed by atoms with E-state index >= 15 is 0 Å². The fourth-order valence-corrected chi connectivity index (χ4v) is 3.46. The number of anilines is 1. The van der Waals surface area contributed by atoms with Crippen molar-refractivity contribution in [2.75, 3.05) is 5.32 Å². The van der Waals surface area contributed by atoms with Crippen molar-refractivity contribution in [3.63, 3.8) is 0 Å². The summed E-state index contributed by atoms with van der Waals surface area (Å²) in [6, 6.07) is 13.2. The van der Waals surface area contributed by atoms with Crippen molar-refractivity contribution in [1.82, 2.24) is 35.5 Å². The number of rotatable bonds is 9. The molecule has 2 aromatic carbocycles. The summed E-state index contributed by atoms with van der Waals surface area (Å²) in [6.45, 7) is 0. The van der Waals surface area contributed by atoms with Gasteiger partial charge < -0.3 is 10.4 Å². The Kier molecular flexibility index (Phi) is 7.91. The molecule has 12 nitrogen and oxygen atoms in total. The Morgan fingerprint density at radius 3 is 2.51 bits per heavy atom. The standard InChI is InChI=1S/C24H19ClN8O4/c25-18-7-8-20(33-14-28-31-32-33)16(11-18)6-9-21(34)29-19(10-15-4-2-1-3-5-15)22(35)30-24-26-12-17(13-27-24)23(36)37/h1-9,11-14,19H,10H2,(H,29,34)(H,36,37)(H,26,27,30,35). The summed E-state index contributed by atoms with van der Waals surface area (Å²) in [5.41, 5.74) is 1.86. The SMILES string of the molecule is O=C(C=Cc1cc(Cl)ccc1-n1cnnn1)NC(Cc1ccccc1)C(=O)Nc1ncc(C(=O)O)cn1. The van der Waals surface area contributed by atoms with E-state index in [2.05, 4.69) is 36.1 Å². The number of aromatic carboxylic acids is 1. The van der Waals surface area contributed by atoms with Crippen molar-refractivity contribution < 1.29 is 19.5 Å². The van der Waals surface area contributed by atoms with Crippen LogP contribution in [0.25, 0.3) is 11.8 Å². The van der Waals surface area contributed by atoms with Crippen LogP contribution in [-0.4, -0.2) is 59.1 Å². The molecule has 13 heteroatoms. The van der Waals surface area contributed by atoms with Crippen molar-refractivity contribution in [2.24, 2.45) is 0 Å². The molecule has 2 heterocycles. The summed E-state index contributed by atoms with van der Waals surface area (Å²) in [5.74, 6) is -2.41. The summed E-state index contributed by atoms with van der Waals surface area (Å²) < 4.78 is 1.43. The summed E-state index contributed by atoms with van der Waals surface area (Å²) in [6.07, 6.45) is 6.54. The van der Waals surface area contributed by atoms with E-state index in [4.69, 9.17) is 16.7 Å². The lowest BCUT2D eigenvalue weighted by molar-refractivity contribution is -0.123. The molecule has 186 valence electrons. The molecule has 1 unspecified atom stereocenters. The molecule has 0 bridgehead atoms. The number of carbonyl (C=O) groups is 3. The second-order valence-electron chi connectivity index (χ2n) is 7.63. The second kappa shape index (κ2) is 11.6. The third kappa shape index (κ3) is 6.80. The summed E-state index contributed by atoms with van der Waals surface area (Å²) in [5, 5.41) is 25.7. The van der Waals surface area contributed by atoms with Gasteiger partial charge in [0.1, 0.15) is 12.4 Å². The topological polar surface area (TPSA) is 165 Å². The van der Waals surface area contributed by atoms with E-state index < -0.39 is 23.8 Å². The first-order chi connectivity index (χ1) is 17.9. The Labute approximate surface area is 215 Å². The normalized spacial score (nSPS) is 11.7. The highest BCUT2D eigenvalue weighted by Gasteiger charge is 2.22. The molecule has 1 atom stereocenters. The molecular weight excluding hydrogens is 500 g/mol. The number of nitrogens with zero attached hydrogens (tertiary/aromatic N) is 6. The van der Waals surface area contributed by atoms with Crippen molar-refractivity contribution in [3.8, 4) is 5.69 Å². The lowest BCUT2D eigenvalue weighted by Crippen LogP contribution is -2.45. The van der Waals surface area contributed by atoms with Gasteiger partial charge in [0.15, 0.2) is 0 Å². The Bertz CT molecular complexity index is 1430. The van der Waals surface area contributed by atoms with Crippen LogP contribution in [-0.2, 0) is 16.0 Å². The number of hydrogen-bond acceptors (Lipinski definition) is 8. The minimum atomic E-state index is -1.19. The average Bonchev–Trinajstić information content (AvgIpc) is 3.43. The van der Waals surface area contributed by atoms with Crippen molar-refractivity contribution in [2.45, 2.75) is 12.5 Å². The smallest absolute Gasteiger partial charge is 0.338 e. The first kappa shape index (κ1) is 25.1. The van der Waals surface area contributed by atoms with E-state index in [1.165, 1.54) is 23.2 Å². The van der Waals surface area contributed by atoms with Gasteiger partial charge >= 0.3 is 5.97 Å². The first-order valence-electron chi connectivity index (χ1n) is 10.8. The van der Waals surface area contributed by atoms with Crippen LogP contribution in [0.1, 0.15) is 21.5 Å². The maximum absolute atomic E-state index is 13.0. The van der Waals surface area contributed by atoms with Gasteiger partial charge in [-0.1, -0.05) is 41.9 Å². The van der Waals surface area contributed by atoms with Gasteiger partial charge in [-0.25, -0.2) is 14.8 Å². The van der Waals surface area contributed by atoms with Gasteiger partial charge in [0, 0.05) is 35.5 Å². The monoisotopic (exact) mass is 518 g/mol. The second-order valence-corrected chi connectivity index (χ2v) is 8.07. The minimum absolute atomic E-state index is 0.0946. The number of hydrogen-bond donors (Lipinski definition) is 3. The molecule has 0 radical (unpaired) electrons. The molecule has 4 aromatic rings. The number of nitrogens with one attached hydrogen (secondary N) is 2. The van der Waals surface area contributed by atoms with E-state index in [1.54, 1.807) is 18.2 Å². The fraction of sp³-hybridized carbons (Fsp3) is 0.0833. The van der Waals surface area contributed by atoms with Crippen LogP contribution in [0.4, 0.5) is 5.95 Å². The zero-order chi connectivity index (χ0) is 26.2. The van der Waals surface area contributed by atoms with Crippen LogP contribution in [0.3, 0.4) is 0 Å². The van der Waals surface area contributed by atoms with Crippen LogP contribution in [0, 0.1) is 0 Å². The maximum Gasteiger partial charge on any atom is 0.338 e. The number of halogens is 1. The molecule has 0 saturated carbocycles. The molecule has 4 rings (SSSR count). The third-order valence-corrected chi connectivity index (χ3v) is 5.28. The molecule has 0 aliphatic heterocycles. The van der Waals surface area contributed by atoms with Crippen LogP contribution >= 0.6 is 11.6 Å². The molecule has 0 spiro atoms. The Balaban J connectivity index is 1.51. The Morgan fingerprint density at radius 1 is 1.08 bits per heavy atom. The zero-order valence-electron chi connectivity index (χ0n) is 19.0. The molecule has 0 aliphatic rings. The number of tetrazole rings is 1. The van der Waals surface area contributed by atoms with E-state index in [0.717, 1.165) is 18.0 Å². The largest absolute Gasteiger partial charge is 0.478 e. The molecule has 0 aliphatic carbocycles.